The predicted molar refractivity (Wildman–Crippen MR) is 64.5 cm³/mol. The van der Waals surface area contributed by atoms with Crippen LogP contribution in [0.4, 0.5) is 5.69 Å². The Morgan fingerprint density at radius 3 is 2.82 bits per heavy atom. The summed E-state index contributed by atoms with van der Waals surface area (Å²) in [5, 5.41) is 11.5. The van der Waals surface area contributed by atoms with Crippen molar-refractivity contribution in [1.82, 2.24) is 20.2 Å². The van der Waals surface area contributed by atoms with E-state index in [1.165, 1.54) is 4.80 Å². The first-order chi connectivity index (χ1) is 8.06. The number of rotatable bonds is 3. The van der Waals surface area contributed by atoms with E-state index in [2.05, 4.69) is 15.4 Å². The molecule has 0 aliphatic heterocycles. The monoisotopic (exact) mass is 251 g/mol. The first-order valence-electron chi connectivity index (χ1n) is 5.03. The first kappa shape index (κ1) is 11.7. The fraction of sp³-hybridized carbons (Fsp3) is 0.300. The van der Waals surface area contributed by atoms with Crippen LogP contribution in [-0.2, 0) is 23.6 Å². The number of benzene rings is 1. The van der Waals surface area contributed by atoms with Crippen LogP contribution in [0.2, 0.25) is 0 Å². The molecule has 0 saturated carbocycles. The number of tetrazole rings is 1. The third-order valence-electron chi connectivity index (χ3n) is 2.22. The number of aromatic nitrogens is 4. The second-order valence-electron chi connectivity index (χ2n) is 3.73. The van der Waals surface area contributed by atoms with Crippen LogP contribution < -0.4 is 5.73 Å². The molecular formula is C10H13N5OS. The van der Waals surface area contributed by atoms with E-state index in [9.17, 15) is 4.21 Å². The van der Waals surface area contributed by atoms with Gasteiger partial charge >= 0.3 is 0 Å². The lowest BCUT2D eigenvalue weighted by Gasteiger charge is -2.04. The van der Waals surface area contributed by atoms with Gasteiger partial charge in [-0.05, 0) is 29.8 Å². The van der Waals surface area contributed by atoms with E-state index in [1.807, 2.05) is 13.0 Å². The number of nitrogens with two attached hydrogens (primary N) is 1. The van der Waals surface area contributed by atoms with Crippen LogP contribution in [0.15, 0.2) is 23.1 Å². The molecule has 1 unspecified atom stereocenters. The van der Waals surface area contributed by atoms with E-state index in [-0.39, 0.29) is 5.75 Å². The maximum absolute atomic E-state index is 12.1. The topological polar surface area (TPSA) is 86.7 Å². The Kier molecular flexibility index (Phi) is 3.19. The van der Waals surface area contributed by atoms with E-state index in [0.29, 0.717) is 16.4 Å². The SMILES string of the molecule is Cc1ccc(S(=O)Cc2nnn(C)n2)c(N)c1. The molecule has 2 rings (SSSR count). The highest BCUT2D eigenvalue weighted by atomic mass is 32.2. The van der Waals surface area contributed by atoms with Gasteiger partial charge in [0.15, 0.2) is 5.82 Å². The minimum Gasteiger partial charge on any atom is -0.398 e. The van der Waals surface area contributed by atoms with Crippen LogP contribution in [0, 0.1) is 6.92 Å². The molecule has 7 heteroatoms. The average Bonchev–Trinajstić information content (AvgIpc) is 2.63. The molecule has 2 N–H and O–H groups in total. The lowest BCUT2D eigenvalue weighted by molar-refractivity contribution is 0.628. The summed E-state index contributed by atoms with van der Waals surface area (Å²) < 4.78 is 12.1. The minimum atomic E-state index is -1.24. The number of anilines is 1. The smallest absolute Gasteiger partial charge is 0.187 e. The molecule has 1 atom stereocenters. The quantitative estimate of drug-likeness (QED) is 0.798. The van der Waals surface area contributed by atoms with Crippen molar-refractivity contribution in [1.29, 1.82) is 0 Å². The highest BCUT2D eigenvalue weighted by molar-refractivity contribution is 7.84. The molecular weight excluding hydrogens is 238 g/mol. The second-order valence-corrected chi connectivity index (χ2v) is 5.15. The maximum atomic E-state index is 12.1. The van der Waals surface area contributed by atoms with Crippen LogP contribution in [0.1, 0.15) is 11.4 Å². The van der Waals surface area contributed by atoms with Gasteiger partial charge in [0.1, 0.15) is 0 Å². The second kappa shape index (κ2) is 4.62. The Balaban J connectivity index is 2.20. The van der Waals surface area contributed by atoms with Crippen molar-refractivity contribution in [2.24, 2.45) is 7.05 Å². The highest BCUT2D eigenvalue weighted by Crippen LogP contribution is 2.19. The molecule has 90 valence electrons. The molecule has 0 radical (unpaired) electrons. The zero-order chi connectivity index (χ0) is 12.4. The zero-order valence-corrected chi connectivity index (χ0v) is 10.4. The van der Waals surface area contributed by atoms with Crippen molar-refractivity contribution in [2.75, 3.05) is 5.73 Å². The number of nitrogen functional groups attached to an aromatic ring is 1. The largest absolute Gasteiger partial charge is 0.398 e. The Bertz CT molecular complexity index is 566. The Morgan fingerprint density at radius 2 is 2.24 bits per heavy atom. The summed E-state index contributed by atoms with van der Waals surface area (Å²) in [6, 6.07) is 5.46. The van der Waals surface area contributed by atoms with Gasteiger partial charge in [0.2, 0.25) is 0 Å². The lowest BCUT2D eigenvalue weighted by atomic mass is 10.2. The van der Waals surface area contributed by atoms with Crippen molar-refractivity contribution in [3.63, 3.8) is 0 Å². The molecule has 0 saturated heterocycles. The zero-order valence-electron chi connectivity index (χ0n) is 9.62. The average molecular weight is 251 g/mol. The standard InChI is InChI=1S/C10H13N5OS/c1-7-3-4-9(8(11)5-7)17(16)6-10-12-14-15(2)13-10/h3-5H,6,11H2,1-2H3. The van der Waals surface area contributed by atoms with Gasteiger partial charge in [0.05, 0.1) is 28.5 Å². The van der Waals surface area contributed by atoms with Crippen LogP contribution in [0.5, 0.6) is 0 Å². The summed E-state index contributed by atoms with van der Waals surface area (Å²) in [6.45, 7) is 1.94. The van der Waals surface area contributed by atoms with E-state index < -0.39 is 10.8 Å². The Morgan fingerprint density at radius 1 is 1.47 bits per heavy atom. The van der Waals surface area contributed by atoms with Crippen LogP contribution in [-0.4, -0.2) is 24.4 Å². The molecule has 0 bridgehead atoms. The minimum absolute atomic E-state index is 0.223. The number of hydrogen-bond donors (Lipinski definition) is 1. The van der Waals surface area contributed by atoms with E-state index >= 15 is 0 Å². The molecule has 0 amide bonds. The van der Waals surface area contributed by atoms with E-state index in [0.717, 1.165) is 5.56 Å². The summed E-state index contributed by atoms with van der Waals surface area (Å²) in [5.74, 6) is 0.673. The summed E-state index contributed by atoms with van der Waals surface area (Å²) in [5.41, 5.74) is 7.40. The normalized spacial score (nSPS) is 12.6. The van der Waals surface area contributed by atoms with Crippen molar-refractivity contribution in [3.8, 4) is 0 Å². The molecule has 1 aromatic carbocycles. The molecule has 6 nitrogen and oxygen atoms in total. The van der Waals surface area contributed by atoms with Gasteiger partial charge in [-0.3, -0.25) is 4.21 Å². The maximum Gasteiger partial charge on any atom is 0.187 e. The molecule has 2 aromatic rings. The molecule has 0 aliphatic rings. The number of hydrogen-bond acceptors (Lipinski definition) is 5. The fourth-order valence-corrected chi connectivity index (χ4v) is 2.50. The predicted octanol–water partition coefficient (Wildman–Crippen LogP) is 0.409. The lowest BCUT2D eigenvalue weighted by Crippen LogP contribution is -2.03. The van der Waals surface area contributed by atoms with E-state index in [1.54, 1.807) is 19.2 Å². The van der Waals surface area contributed by atoms with Gasteiger partial charge in [-0.15, -0.1) is 10.2 Å². The molecule has 0 fully saturated rings. The van der Waals surface area contributed by atoms with Crippen molar-refractivity contribution >= 4 is 16.5 Å². The van der Waals surface area contributed by atoms with Gasteiger partial charge in [-0.1, -0.05) is 6.07 Å². The molecule has 1 aromatic heterocycles. The first-order valence-corrected chi connectivity index (χ1v) is 6.35. The van der Waals surface area contributed by atoms with Crippen molar-refractivity contribution < 1.29 is 4.21 Å². The Labute approximate surface area is 101 Å². The summed E-state index contributed by atoms with van der Waals surface area (Å²) in [7, 11) is 0.422. The van der Waals surface area contributed by atoms with Crippen molar-refractivity contribution in [2.45, 2.75) is 17.6 Å². The van der Waals surface area contributed by atoms with Crippen molar-refractivity contribution in [3.05, 3.63) is 29.6 Å². The third kappa shape index (κ3) is 2.68. The van der Waals surface area contributed by atoms with Gasteiger partial charge in [0.25, 0.3) is 0 Å². The Hall–Kier alpha value is -1.76. The summed E-state index contributed by atoms with van der Waals surface area (Å²) in [6.07, 6.45) is 0. The molecule has 0 aliphatic carbocycles. The molecule has 0 spiro atoms. The summed E-state index contributed by atoms with van der Waals surface area (Å²) in [4.78, 5) is 1.95. The van der Waals surface area contributed by atoms with Gasteiger partial charge < -0.3 is 5.73 Å². The van der Waals surface area contributed by atoms with Crippen LogP contribution in [0.3, 0.4) is 0 Å². The van der Waals surface area contributed by atoms with Gasteiger partial charge in [-0.2, -0.15) is 4.80 Å². The van der Waals surface area contributed by atoms with Crippen LogP contribution in [0.25, 0.3) is 0 Å². The highest BCUT2D eigenvalue weighted by Gasteiger charge is 2.12. The van der Waals surface area contributed by atoms with Gasteiger partial charge in [0, 0.05) is 5.69 Å². The van der Waals surface area contributed by atoms with E-state index in [4.69, 9.17) is 5.73 Å². The number of nitrogens with zero attached hydrogens (tertiary/aromatic N) is 4. The molecule has 17 heavy (non-hydrogen) atoms. The van der Waals surface area contributed by atoms with Crippen LogP contribution >= 0.6 is 0 Å². The van der Waals surface area contributed by atoms with Gasteiger partial charge in [-0.25, -0.2) is 0 Å². The summed E-state index contributed by atoms with van der Waals surface area (Å²) >= 11 is 0. The molecule has 1 heterocycles. The fourth-order valence-electron chi connectivity index (χ4n) is 1.45. The third-order valence-corrected chi connectivity index (χ3v) is 3.60. The number of aryl methyl sites for hydroxylation is 2.